The lowest BCUT2D eigenvalue weighted by atomic mass is 10.0. The third-order valence-electron chi connectivity index (χ3n) is 7.40. The fraction of sp³-hybridized carbons (Fsp3) is 0.171. The number of carbonyl (C=O) groups excluding carboxylic acids is 1. The maximum atomic E-state index is 13.7. The van der Waals surface area contributed by atoms with Crippen LogP contribution in [0.5, 0.6) is 0 Å². The van der Waals surface area contributed by atoms with Crippen LogP contribution >= 0.6 is 11.8 Å². The van der Waals surface area contributed by atoms with Gasteiger partial charge in [-0.15, -0.1) is 11.8 Å². The third kappa shape index (κ3) is 7.16. The minimum Gasteiger partial charge on any atom is -0.476 e. The normalized spacial score (nSPS) is 11.3. The van der Waals surface area contributed by atoms with Crippen molar-refractivity contribution >= 4 is 45.2 Å². The van der Waals surface area contributed by atoms with Crippen molar-refractivity contribution in [1.29, 1.82) is 0 Å². The van der Waals surface area contributed by atoms with Crippen molar-refractivity contribution in [3.05, 3.63) is 126 Å². The van der Waals surface area contributed by atoms with E-state index in [1.807, 2.05) is 30.5 Å². The van der Waals surface area contributed by atoms with E-state index >= 15 is 0 Å². The van der Waals surface area contributed by atoms with E-state index in [1.165, 1.54) is 22.7 Å². The van der Waals surface area contributed by atoms with Crippen LogP contribution in [0.15, 0.2) is 119 Å². The Morgan fingerprint density at radius 1 is 0.870 bits per heavy atom. The standard InChI is InChI=1S/C35H34N4O5S2/c1-3-4-19-31-36-33(45-2)32(34(40)41)38(31)24-25-20-22-26(23-21-25)29-17-11-12-18-30(29)46(43,44)37-35(42)39(27-13-7-5-8-14-27)28-15-9-6-10-16-28/h5-18,20-23H,3-4,19,24H2,1-2H3,(H,37,42)(H,40,41). The van der Waals surface area contributed by atoms with Gasteiger partial charge >= 0.3 is 12.0 Å². The molecular weight excluding hydrogens is 621 g/mol. The molecule has 0 aliphatic carbocycles. The van der Waals surface area contributed by atoms with Crippen LogP contribution in [-0.2, 0) is 23.0 Å². The number of carboxylic acids is 1. The zero-order valence-corrected chi connectivity index (χ0v) is 27.1. The second-order valence-electron chi connectivity index (χ2n) is 10.5. The van der Waals surface area contributed by atoms with Gasteiger partial charge in [-0.2, -0.15) is 0 Å². The quantitative estimate of drug-likeness (QED) is 0.133. The summed E-state index contributed by atoms with van der Waals surface area (Å²) >= 11 is 1.31. The van der Waals surface area contributed by atoms with Gasteiger partial charge in [0, 0.05) is 18.5 Å². The van der Waals surface area contributed by atoms with Gasteiger partial charge in [-0.05, 0) is 54.1 Å². The Kier molecular flexibility index (Phi) is 10.2. The predicted molar refractivity (Wildman–Crippen MR) is 181 cm³/mol. The average Bonchev–Trinajstić information content (AvgIpc) is 3.42. The molecule has 0 bridgehead atoms. The number of nitrogens with one attached hydrogen (secondary N) is 1. The monoisotopic (exact) mass is 654 g/mol. The Hall–Kier alpha value is -4.87. The number of sulfonamides is 1. The molecule has 0 fully saturated rings. The maximum Gasteiger partial charge on any atom is 0.355 e. The fourth-order valence-corrected chi connectivity index (χ4v) is 6.94. The number of amides is 2. The van der Waals surface area contributed by atoms with Gasteiger partial charge in [0.15, 0.2) is 5.69 Å². The van der Waals surface area contributed by atoms with Crippen LogP contribution in [0, 0.1) is 0 Å². The van der Waals surface area contributed by atoms with Crippen LogP contribution in [0.1, 0.15) is 41.6 Å². The number of imidazole rings is 1. The zero-order chi connectivity index (χ0) is 32.7. The lowest BCUT2D eigenvalue weighted by molar-refractivity contribution is 0.0681. The van der Waals surface area contributed by atoms with Crippen molar-refractivity contribution < 1.29 is 23.1 Å². The molecule has 46 heavy (non-hydrogen) atoms. The minimum absolute atomic E-state index is 0.0496. The Morgan fingerprint density at radius 3 is 2.02 bits per heavy atom. The van der Waals surface area contributed by atoms with E-state index < -0.39 is 22.0 Å². The molecule has 0 spiro atoms. The molecule has 0 atom stereocenters. The molecule has 5 rings (SSSR count). The van der Waals surface area contributed by atoms with Gasteiger partial charge in [0.25, 0.3) is 10.0 Å². The van der Waals surface area contributed by atoms with E-state index in [0.29, 0.717) is 40.5 Å². The largest absolute Gasteiger partial charge is 0.476 e. The van der Waals surface area contributed by atoms with Crippen molar-refractivity contribution in [2.24, 2.45) is 0 Å². The van der Waals surface area contributed by atoms with Crippen molar-refractivity contribution in [2.45, 2.75) is 42.7 Å². The second kappa shape index (κ2) is 14.5. The first-order chi connectivity index (χ1) is 22.2. The van der Waals surface area contributed by atoms with Crippen molar-refractivity contribution in [3.8, 4) is 11.1 Å². The number of rotatable bonds is 12. The van der Waals surface area contributed by atoms with E-state index in [-0.39, 0.29) is 10.6 Å². The number of hydrogen-bond donors (Lipinski definition) is 2. The van der Waals surface area contributed by atoms with E-state index in [0.717, 1.165) is 24.2 Å². The van der Waals surface area contributed by atoms with Gasteiger partial charge in [0.2, 0.25) is 0 Å². The summed E-state index contributed by atoms with van der Waals surface area (Å²) in [5.74, 6) is -0.310. The molecule has 1 heterocycles. The summed E-state index contributed by atoms with van der Waals surface area (Å²) in [6, 6.07) is 30.6. The molecule has 4 aromatic carbocycles. The highest BCUT2D eigenvalue weighted by Crippen LogP contribution is 2.30. The molecule has 0 aliphatic heterocycles. The predicted octanol–water partition coefficient (Wildman–Crippen LogP) is 7.60. The fourth-order valence-electron chi connectivity index (χ4n) is 5.19. The summed E-state index contributed by atoms with van der Waals surface area (Å²) in [5, 5.41) is 10.4. The molecule has 5 aromatic rings. The minimum atomic E-state index is -4.31. The number of anilines is 2. The van der Waals surface area contributed by atoms with Crippen molar-refractivity contribution in [2.75, 3.05) is 11.2 Å². The molecule has 2 amide bonds. The summed E-state index contributed by atoms with van der Waals surface area (Å²) in [4.78, 5) is 31.6. The number of carbonyl (C=O) groups is 2. The molecule has 9 nitrogen and oxygen atoms in total. The van der Waals surface area contributed by atoms with E-state index in [4.69, 9.17) is 0 Å². The third-order valence-corrected chi connectivity index (χ3v) is 9.45. The van der Waals surface area contributed by atoms with Crippen LogP contribution in [0.4, 0.5) is 16.2 Å². The molecule has 0 radical (unpaired) electrons. The smallest absolute Gasteiger partial charge is 0.355 e. The first-order valence-corrected chi connectivity index (χ1v) is 17.5. The number of thioether (sulfide) groups is 1. The van der Waals surface area contributed by atoms with Gasteiger partial charge in [0.1, 0.15) is 10.9 Å². The van der Waals surface area contributed by atoms with Crippen molar-refractivity contribution in [1.82, 2.24) is 14.3 Å². The first-order valence-electron chi connectivity index (χ1n) is 14.8. The molecule has 0 saturated carbocycles. The lowest BCUT2D eigenvalue weighted by Crippen LogP contribution is -2.40. The SMILES string of the molecule is CCCCc1nc(SC)c(C(=O)O)n1Cc1ccc(-c2ccccc2S(=O)(=O)NC(=O)N(c2ccccc2)c2ccccc2)cc1. The van der Waals surface area contributed by atoms with Gasteiger partial charge < -0.3 is 9.67 Å². The Labute approximate surface area is 273 Å². The highest BCUT2D eigenvalue weighted by molar-refractivity contribution is 7.98. The van der Waals surface area contributed by atoms with Crippen LogP contribution in [0.2, 0.25) is 0 Å². The average molecular weight is 655 g/mol. The van der Waals surface area contributed by atoms with E-state index in [1.54, 1.807) is 83.4 Å². The highest BCUT2D eigenvalue weighted by Gasteiger charge is 2.27. The molecule has 0 unspecified atom stereocenters. The number of aromatic nitrogens is 2. The van der Waals surface area contributed by atoms with Crippen LogP contribution in [0.3, 0.4) is 0 Å². The molecule has 2 N–H and O–H groups in total. The summed E-state index contributed by atoms with van der Waals surface area (Å²) in [6.07, 6.45) is 4.32. The topological polar surface area (TPSA) is 122 Å². The van der Waals surface area contributed by atoms with E-state index in [9.17, 15) is 23.1 Å². The van der Waals surface area contributed by atoms with Gasteiger partial charge in [-0.1, -0.05) is 92.2 Å². The summed E-state index contributed by atoms with van der Waals surface area (Å²) in [5.41, 5.74) is 3.06. The van der Waals surface area contributed by atoms with E-state index in [2.05, 4.69) is 16.6 Å². The molecule has 0 aliphatic rings. The number of aromatic carboxylic acids is 1. The Morgan fingerprint density at radius 2 is 1.46 bits per heavy atom. The molecule has 1 aromatic heterocycles. The molecule has 11 heteroatoms. The number of carboxylic acid groups (broad SMARTS) is 1. The highest BCUT2D eigenvalue weighted by atomic mass is 32.2. The van der Waals surface area contributed by atoms with Gasteiger partial charge in [-0.25, -0.2) is 27.7 Å². The Balaban J connectivity index is 1.43. The van der Waals surface area contributed by atoms with Crippen LogP contribution < -0.4 is 9.62 Å². The van der Waals surface area contributed by atoms with Crippen molar-refractivity contribution in [3.63, 3.8) is 0 Å². The van der Waals surface area contributed by atoms with Gasteiger partial charge in [0.05, 0.1) is 16.3 Å². The molecule has 0 saturated heterocycles. The summed E-state index contributed by atoms with van der Waals surface area (Å²) in [6.45, 7) is 2.38. The maximum absolute atomic E-state index is 13.7. The lowest BCUT2D eigenvalue weighted by Gasteiger charge is -2.23. The first kappa shape index (κ1) is 32.5. The number of para-hydroxylation sites is 2. The number of benzene rings is 4. The number of nitrogens with zero attached hydrogens (tertiary/aromatic N) is 3. The summed E-state index contributed by atoms with van der Waals surface area (Å²) < 4.78 is 31.5. The second-order valence-corrected chi connectivity index (χ2v) is 12.9. The summed E-state index contributed by atoms with van der Waals surface area (Å²) in [7, 11) is -4.31. The number of unbranched alkanes of at least 4 members (excludes halogenated alkanes) is 1. The Bertz CT molecular complexity index is 1890. The van der Waals surface area contributed by atoms with Gasteiger partial charge in [-0.3, -0.25) is 4.90 Å². The zero-order valence-electron chi connectivity index (χ0n) is 25.5. The van der Waals surface area contributed by atoms with Crippen LogP contribution in [0.25, 0.3) is 11.1 Å². The number of hydrogen-bond acceptors (Lipinski definition) is 6. The number of aryl methyl sites for hydroxylation is 1. The van der Waals surface area contributed by atoms with Crippen LogP contribution in [-0.4, -0.2) is 41.3 Å². The number of urea groups is 1. The molecular formula is C35H34N4O5S2. The molecule has 236 valence electrons.